The summed E-state index contributed by atoms with van der Waals surface area (Å²) >= 11 is 5.93. The molecule has 0 atom stereocenters. The highest BCUT2D eigenvalue weighted by Gasteiger charge is 2.22. The molecule has 4 rings (SSSR count). The first-order chi connectivity index (χ1) is 16.4. The van der Waals surface area contributed by atoms with E-state index in [0.717, 1.165) is 16.7 Å². The maximum Gasteiger partial charge on any atom is 0.343 e. The van der Waals surface area contributed by atoms with Gasteiger partial charge in [-0.05, 0) is 78.7 Å². The van der Waals surface area contributed by atoms with Crippen LogP contribution in [-0.4, -0.2) is 17.5 Å². The van der Waals surface area contributed by atoms with Gasteiger partial charge in [0.2, 0.25) is 0 Å². The third kappa shape index (κ3) is 5.44. The summed E-state index contributed by atoms with van der Waals surface area (Å²) in [5, 5.41) is 11.4. The van der Waals surface area contributed by atoms with Gasteiger partial charge < -0.3 is 14.2 Å². The van der Waals surface area contributed by atoms with Crippen molar-refractivity contribution in [3.63, 3.8) is 0 Å². The number of nitro benzene ring substituents is 1. The second-order valence-electron chi connectivity index (χ2n) is 7.36. The molecular weight excluding hydrogens is 458 g/mol. The molecule has 172 valence electrons. The van der Waals surface area contributed by atoms with Crippen molar-refractivity contribution < 1.29 is 23.9 Å². The molecule has 3 aromatic carbocycles. The van der Waals surface area contributed by atoms with Crippen molar-refractivity contribution in [2.75, 3.05) is 6.61 Å². The zero-order valence-corrected chi connectivity index (χ0v) is 19.0. The van der Waals surface area contributed by atoms with E-state index < -0.39 is 10.9 Å². The first-order valence-electron chi connectivity index (χ1n) is 10.5. The van der Waals surface area contributed by atoms with Gasteiger partial charge in [0.1, 0.15) is 12.4 Å². The number of halogens is 1. The Hall–Kier alpha value is -4.10. The summed E-state index contributed by atoms with van der Waals surface area (Å²) in [5.41, 5.74) is 2.72. The van der Waals surface area contributed by atoms with Crippen LogP contribution in [0.1, 0.15) is 23.6 Å². The van der Waals surface area contributed by atoms with Crippen molar-refractivity contribution >= 4 is 35.1 Å². The number of ether oxygens (including phenoxy) is 3. The number of esters is 1. The van der Waals surface area contributed by atoms with E-state index in [1.807, 2.05) is 13.0 Å². The van der Waals surface area contributed by atoms with E-state index in [2.05, 4.69) is 0 Å². The third-order valence-corrected chi connectivity index (χ3v) is 5.24. The Bertz CT molecular complexity index is 1280. The van der Waals surface area contributed by atoms with Gasteiger partial charge in [-0.2, -0.15) is 0 Å². The fraction of sp³-hybridized carbons (Fsp3) is 0.115. The van der Waals surface area contributed by atoms with Crippen LogP contribution in [0.2, 0.25) is 5.02 Å². The van der Waals surface area contributed by atoms with Crippen molar-refractivity contribution in [1.82, 2.24) is 0 Å². The molecule has 3 aromatic rings. The van der Waals surface area contributed by atoms with Crippen LogP contribution in [-0.2, 0) is 16.1 Å². The number of nitrogens with zero attached hydrogens (tertiary/aromatic N) is 1. The van der Waals surface area contributed by atoms with Gasteiger partial charge in [-0.3, -0.25) is 10.1 Å². The smallest absolute Gasteiger partial charge is 0.343 e. The zero-order chi connectivity index (χ0) is 24.1. The maximum absolute atomic E-state index is 12.4. The maximum atomic E-state index is 12.4. The third-order valence-electron chi connectivity index (χ3n) is 4.98. The Morgan fingerprint density at radius 1 is 1.00 bits per heavy atom. The summed E-state index contributed by atoms with van der Waals surface area (Å²) in [6.45, 7) is 2.51. The second-order valence-corrected chi connectivity index (χ2v) is 7.79. The lowest BCUT2D eigenvalue weighted by Gasteiger charge is -2.13. The van der Waals surface area contributed by atoms with E-state index in [1.165, 1.54) is 12.1 Å². The molecule has 0 radical (unpaired) electrons. The van der Waals surface area contributed by atoms with E-state index >= 15 is 0 Å². The van der Waals surface area contributed by atoms with Gasteiger partial charge in [0.25, 0.3) is 5.69 Å². The quantitative estimate of drug-likeness (QED) is 0.166. The number of nitro groups is 1. The Morgan fingerprint density at radius 2 is 1.74 bits per heavy atom. The molecule has 1 heterocycles. The molecule has 0 N–H and O–H groups in total. The van der Waals surface area contributed by atoms with E-state index in [-0.39, 0.29) is 12.3 Å². The minimum Gasteiger partial charge on any atom is -0.490 e. The number of carbonyl (C=O) groups excluding carboxylic acids is 1. The van der Waals surface area contributed by atoms with Gasteiger partial charge in [0.15, 0.2) is 11.5 Å². The summed E-state index contributed by atoms with van der Waals surface area (Å²) in [6.07, 6.45) is 3.40. The van der Waals surface area contributed by atoms with Gasteiger partial charge in [0.05, 0.1) is 17.1 Å². The van der Waals surface area contributed by atoms with Crippen LogP contribution < -0.4 is 9.47 Å². The Kier molecular flexibility index (Phi) is 6.94. The van der Waals surface area contributed by atoms with Crippen molar-refractivity contribution in [2.24, 2.45) is 0 Å². The highest BCUT2D eigenvalue weighted by molar-refractivity contribution is 6.30. The summed E-state index contributed by atoms with van der Waals surface area (Å²) in [4.78, 5) is 22.7. The first kappa shape index (κ1) is 23.1. The fourth-order valence-corrected chi connectivity index (χ4v) is 3.43. The average molecular weight is 478 g/mol. The van der Waals surface area contributed by atoms with Crippen LogP contribution in [0.4, 0.5) is 5.69 Å². The topological polar surface area (TPSA) is 87.9 Å². The number of hydrogen-bond acceptors (Lipinski definition) is 6. The minimum atomic E-state index is -0.446. The molecule has 0 aromatic heterocycles. The van der Waals surface area contributed by atoms with Gasteiger partial charge in [-0.25, -0.2) is 4.79 Å². The normalized spacial score (nSPS) is 14.0. The van der Waals surface area contributed by atoms with Crippen LogP contribution in [0, 0.1) is 10.1 Å². The molecule has 8 heteroatoms. The monoisotopic (exact) mass is 477 g/mol. The number of benzene rings is 3. The first-order valence-corrected chi connectivity index (χ1v) is 10.8. The highest BCUT2D eigenvalue weighted by atomic mass is 35.5. The van der Waals surface area contributed by atoms with E-state index in [9.17, 15) is 14.9 Å². The SMILES string of the molecule is CCOc1cc(/C=C2\C=C(c3ccc(Cl)cc3)OC2=O)ccc1OCc1ccc([N+](=O)[O-])cc1. The highest BCUT2D eigenvalue weighted by Crippen LogP contribution is 2.32. The number of non-ortho nitro benzene ring substituents is 1. The second kappa shape index (κ2) is 10.2. The molecule has 0 aliphatic carbocycles. The van der Waals surface area contributed by atoms with Crippen LogP contribution in [0.15, 0.2) is 78.4 Å². The molecule has 0 bridgehead atoms. The number of rotatable bonds is 8. The molecular formula is C26H20ClNO6. The summed E-state index contributed by atoms with van der Waals surface area (Å²) in [7, 11) is 0. The Balaban J connectivity index is 1.52. The van der Waals surface area contributed by atoms with Gasteiger partial charge in [-0.1, -0.05) is 17.7 Å². The Labute approximate surface area is 201 Å². The number of hydrogen-bond donors (Lipinski definition) is 0. The van der Waals surface area contributed by atoms with E-state index in [4.69, 9.17) is 25.8 Å². The van der Waals surface area contributed by atoms with Gasteiger partial charge in [0, 0.05) is 22.7 Å². The van der Waals surface area contributed by atoms with Gasteiger partial charge >= 0.3 is 5.97 Å². The van der Waals surface area contributed by atoms with E-state index in [1.54, 1.807) is 60.7 Å². The number of cyclic esters (lactones) is 1. The lowest BCUT2D eigenvalue weighted by atomic mass is 10.1. The zero-order valence-electron chi connectivity index (χ0n) is 18.2. The van der Waals surface area contributed by atoms with Crippen molar-refractivity contribution in [1.29, 1.82) is 0 Å². The fourth-order valence-electron chi connectivity index (χ4n) is 3.30. The molecule has 7 nitrogen and oxygen atoms in total. The van der Waals surface area contributed by atoms with Crippen LogP contribution in [0.3, 0.4) is 0 Å². The molecule has 1 aliphatic heterocycles. The Morgan fingerprint density at radius 3 is 2.41 bits per heavy atom. The van der Waals surface area contributed by atoms with Crippen LogP contribution in [0.5, 0.6) is 11.5 Å². The molecule has 0 amide bonds. The molecule has 0 saturated heterocycles. The molecule has 0 spiro atoms. The lowest BCUT2D eigenvalue weighted by Crippen LogP contribution is -2.00. The average Bonchev–Trinajstić information content (AvgIpc) is 3.19. The van der Waals surface area contributed by atoms with Gasteiger partial charge in [-0.15, -0.1) is 0 Å². The molecule has 0 unspecified atom stereocenters. The van der Waals surface area contributed by atoms with Crippen molar-refractivity contribution in [2.45, 2.75) is 13.5 Å². The molecule has 0 fully saturated rings. The van der Waals surface area contributed by atoms with E-state index in [0.29, 0.717) is 34.5 Å². The molecule has 0 saturated carbocycles. The van der Waals surface area contributed by atoms with Crippen LogP contribution in [0.25, 0.3) is 11.8 Å². The lowest BCUT2D eigenvalue weighted by molar-refractivity contribution is -0.384. The standard InChI is InChI=1S/C26H20ClNO6/c1-2-32-25-14-18(5-12-23(25)33-16-17-3-10-22(11-4-17)28(30)31)13-20-15-24(34-26(20)29)19-6-8-21(27)9-7-19/h3-15H,2,16H2,1H3/b20-13+. The largest absolute Gasteiger partial charge is 0.490 e. The minimum absolute atomic E-state index is 0.0230. The van der Waals surface area contributed by atoms with Crippen LogP contribution >= 0.6 is 11.6 Å². The summed E-state index contributed by atoms with van der Waals surface area (Å²) in [6, 6.07) is 18.5. The molecule has 1 aliphatic rings. The summed E-state index contributed by atoms with van der Waals surface area (Å²) < 4.78 is 17.0. The summed E-state index contributed by atoms with van der Waals surface area (Å²) in [5.74, 6) is 1.06. The predicted octanol–water partition coefficient (Wildman–Crippen LogP) is 6.21. The molecule has 34 heavy (non-hydrogen) atoms. The van der Waals surface area contributed by atoms with Crippen molar-refractivity contribution in [3.05, 3.63) is 110 Å². The number of carbonyl (C=O) groups is 1. The van der Waals surface area contributed by atoms with Crippen molar-refractivity contribution in [3.8, 4) is 11.5 Å². The predicted molar refractivity (Wildman–Crippen MR) is 129 cm³/mol.